The Bertz CT molecular complexity index is 1040. The van der Waals surface area contributed by atoms with E-state index in [4.69, 9.17) is 21.6 Å². The lowest BCUT2D eigenvalue weighted by Gasteiger charge is -2.08. The lowest BCUT2D eigenvalue weighted by atomic mass is 10.1. The Labute approximate surface area is 154 Å². The first-order chi connectivity index (χ1) is 12.6. The van der Waals surface area contributed by atoms with Crippen LogP contribution in [0, 0.1) is 11.3 Å². The van der Waals surface area contributed by atoms with E-state index < -0.39 is 0 Å². The zero-order valence-corrected chi connectivity index (χ0v) is 14.5. The van der Waals surface area contributed by atoms with E-state index in [0.717, 1.165) is 16.5 Å². The SMILES string of the molecule is COCc1ncc(Cl)cc1NC(=O)/C=C/c1ccc2c(C#N)n[nH]c2c1. The number of nitriles is 1. The Balaban J connectivity index is 1.76. The van der Waals surface area contributed by atoms with E-state index in [-0.39, 0.29) is 12.5 Å². The summed E-state index contributed by atoms with van der Waals surface area (Å²) in [5.74, 6) is -0.325. The van der Waals surface area contributed by atoms with Gasteiger partial charge in [0.1, 0.15) is 6.07 Å². The molecule has 2 heterocycles. The van der Waals surface area contributed by atoms with Gasteiger partial charge in [-0.15, -0.1) is 0 Å². The Morgan fingerprint density at radius 3 is 3.08 bits per heavy atom. The maximum atomic E-state index is 12.2. The van der Waals surface area contributed by atoms with Gasteiger partial charge in [0.05, 0.1) is 28.5 Å². The first-order valence-electron chi connectivity index (χ1n) is 7.61. The van der Waals surface area contributed by atoms with E-state index in [1.54, 1.807) is 31.4 Å². The van der Waals surface area contributed by atoms with Crippen molar-refractivity contribution < 1.29 is 9.53 Å². The minimum absolute atomic E-state index is 0.258. The quantitative estimate of drug-likeness (QED) is 0.673. The fourth-order valence-corrected chi connectivity index (χ4v) is 2.56. The van der Waals surface area contributed by atoms with E-state index >= 15 is 0 Å². The molecule has 2 aromatic heterocycles. The highest BCUT2D eigenvalue weighted by atomic mass is 35.5. The van der Waals surface area contributed by atoms with Crippen LogP contribution in [0.1, 0.15) is 17.0 Å². The number of hydrogen-bond acceptors (Lipinski definition) is 5. The summed E-state index contributed by atoms with van der Waals surface area (Å²) in [6, 6.07) is 9.03. The molecular weight excluding hydrogens is 354 g/mol. The molecule has 0 unspecified atom stereocenters. The second-order valence-corrected chi connectivity index (χ2v) is 5.83. The van der Waals surface area contributed by atoms with Crippen LogP contribution in [0.2, 0.25) is 5.02 Å². The van der Waals surface area contributed by atoms with E-state index in [1.165, 1.54) is 12.3 Å². The topological polar surface area (TPSA) is 104 Å². The van der Waals surface area contributed by atoms with Gasteiger partial charge in [-0.25, -0.2) is 0 Å². The number of halogens is 1. The molecule has 0 atom stereocenters. The zero-order valence-electron chi connectivity index (χ0n) is 13.8. The van der Waals surface area contributed by atoms with Crippen molar-refractivity contribution >= 4 is 40.2 Å². The molecule has 0 saturated heterocycles. The Kier molecular flexibility index (Phi) is 5.27. The summed E-state index contributed by atoms with van der Waals surface area (Å²) in [7, 11) is 1.55. The number of fused-ring (bicyclic) bond motifs is 1. The Morgan fingerprint density at radius 1 is 1.46 bits per heavy atom. The molecule has 8 heteroatoms. The molecule has 0 aliphatic heterocycles. The smallest absolute Gasteiger partial charge is 0.248 e. The number of nitrogens with one attached hydrogen (secondary N) is 2. The molecule has 0 aliphatic rings. The molecule has 0 fully saturated rings. The van der Waals surface area contributed by atoms with Crippen molar-refractivity contribution in [3.05, 3.63) is 58.5 Å². The predicted molar refractivity (Wildman–Crippen MR) is 98.4 cm³/mol. The average molecular weight is 368 g/mol. The van der Waals surface area contributed by atoms with Gasteiger partial charge in [0.25, 0.3) is 0 Å². The minimum atomic E-state index is -0.325. The number of benzene rings is 1. The van der Waals surface area contributed by atoms with Crippen molar-refractivity contribution in [2.75, 3.05) is 12.4 Å². The maximum absolute atomic E-state index is 12.2. The minimum Gasteiger partial charge on any atom is -0.378 e. The summed E-state index contributed by atoms with van der Waals surface area (Å²) in [6.45, 7) is 0.258. The first kappa shape index (κ1) is 17.6. The molecule has 0 radical (unpaired) electrons. The molecule has 1 amide bonds. The van der Waals surface area contributed by atoms with Gasteiger partial charge in [-0.05, 0) is 29.8 Å². The highest BCUT2D eigenvalue weighted by molar-refractivity contribution is 6.30. The lowest BCUT2D eigenvalue weighted by molar-refractivity contribution is -0.111. The van der Waals surface area contributed by atoms with Crippen LogP contribution < -0.4 is 5.32 Å². The van der Waals surface area contributed by atoms with Crippen LogP contribution in [-0.4, -0.2) is 28.2 Å². The van der Waals surface area contributed by atoms with Crippen LogP contribution in [0.4, 0.5) is 5.69 Å². The van der Waals surface area contributed by atoms with Crippen molar-refractivity contribution in [3.8, 4) is 6.07 Å². The van der Waals surface area contributed by atoms with E-state index in [9.17, 15) is 4.79 Å². The summed E-state index contributed by atoms with van der Waals surface area (Å²) in [6.07, 6.45) is 4.56. The maximum Gasteiger partial charge on any atom is 0.248 e. The van der Waals surface area contributed by atoms with Gasteiger partial charge < -0.3 is 10.1 Å². The molecular formula is C18H14ClN5O2. The van der Waals surface area contributed by atoms with Gasteiger partial charge in [0, 0.05) is 24.8 Å². The molecule has 0 aliphatic carbocycles. The number of pyridine rings is 1. The van der Waals surface area contributed by atoms with Crippen LogP contribution in [0.25, 0.3) is 17.0 Å². The van der Waals surface area contributed by atoms with Gasteiger partial charge in [-0.2, -0.15) is 10.4 Å². The summed E-state index contributed by atoms with van der Waals surface area (Å²) >= 11 is 5.94. The molecule has 1 aromatic carbocycles. The number of methoxy groups -OCH3 is 1. The number of carbonyl (C=O) groups is 1. The number of aromatic amines is 1. The molecule has 3 aromatic rings. The molecule has 0 saturated carbocycles. The normalized spacial score (nSPS) is 11.0. The molecule has 7 nitrogen and oxygen atoms in total. The summed E-state index contributed by atoms with van der Waals surface area (Å²) in [5.41, 5.74) is 2.94. The van der Waals surface area contributed by atoms with Crippen molar-refractivity contribution in [3.63, 3.8) is 0 Å². The lowest BCUT2D eigenvalue weighted by Crippen LogP contribution is -2.11. The Hall–Kier alpha value is -3.21. The molecule has 130 valence electrons. The average Bonchev–Trinajstić information content (AvgIpc) is 3.04. The standard InChI is InChI=1S/C18H14ClN5O2/c1-26-10-17-15(7-12(19)9-21-17)22-18(25)5-3-11-2-4-13-14(6-11)23-24-16(13)8-20/h2-7,9H,10H2,1H3,(H,22,25)(H,23,24)/b5-3+. The number of rotatable bonds is 5. The number of nitrogens with zero attached hydrogens (tertiary/aromatic N) is 3. The summed E-state index contributed by atoms with van der Waals surface area (Å²) in [5, 5.41) is 19.6. The number of amides is 1. The fraction of sp³-hybridized carbons (Fsp3) is 0.111. The van der Waals surface area contributed by atoms with Crippen LogP contribution in [0.3, 0.4) is 0 Å². The Morgan fingerprint density at radius 2 is 2.31 bits per heavy atom. The number of hydrogen-bond donors (Lipinski definition) is 2. The monoisotopic (exact) mass is 367 g/mol. The number of carbonyl (C=O) groups excluding carboxylic acids is 1. The third-order valence-corrected chi connectivity index (χ3v) is 3.80. The van der Waals surface area contributed by atoms with Crippen LogP contribution in [0.15, 0.2) is 36.5 Å². The zero-order chi connectivity index (χ0) is 18.5. The van der Waals surface area contributed by atoms with Crippen molar-refractivity contribution in [1.29, 1.82) is 5.26 Å². The number of H-pyrrole nitrogens is 1. The fourth-order valence-electron chi connectivity index (χ4n) is 2.40. The highest BCUT2D eigenvalue weighted by Gasteiger charge is 2.08. The predicted octanol–water partition coefficient (Wildman–Crippen LogP) is 3.28. The number of ether oxygens (including phenoxy) is 1. The van der Waals surface area contributed by atoms with Gasteiger partial charge >= 0.3 is 0 Å². The summed E-state index contributed by atoms with van der Waals surface area (Å²) < 4.78 is 5.06. The number of aromatic nitrogens is 3. The van der Waals surface area contributed by atoms with Crippen LogP contribution in [0.5, 0.6) is 0 Å². The second-order valence-electron chi connectivity index (χ2n) is 5.39. The third-order valence-electron chi connectivity index (χ3n) is 3.60. The summed E-state index contributed by atoms with van der Waals surface area (Å²) in [4.78, 5) is 16.3. The highest BCUT2D eigenvalue weighted by Crippen LogP contribution is 2.20. The van der Waals surface area contributed by atoms with Crippen molar-refractivity contribution in [2.45, 2.75) is 6.61 Å². The third kappa shape index (κ3) is 3.88. The van der Waals surface area contributed by atoms with E-state index in [1.807, 2.05) is 12.1 Å². The first-order valence-corrected chi connectivity index (χ1v) is 7.99. The van der Waals surface area contributed by atoms with Gasteiger partial charge in [-0.3, -0.25) is 14.9 Å². The second kappa shape index (κ2) is 7.78. The van der Waals surface area contributed by atoms with E-state index in [2.05, 4.69) is 20.5 Å². The number of anilines is 1. The van der Waals surface area contributed by atoms with Crippen molar-refractivity contribution in [1.82, 2.24) is 15.2 Å². The molecule has 0 spiro atoms. The molecule has 3 rings (SSSR count). The molecule has 0 bridgehead atoms. The van der Waals surface area contributed by atoms with Gasteiger partial charge in [0.2, 0.25) is 5.91 Å². The van der Waals surface area contributed by atoms with Crippen LogP contribution >= 0.6 is 11.6 Å². The molecule has 26 heavy (non-hydrogen) atoms. The van der Waals surface area contributed by atoms with Crippen LogP contribution in [-0.2, 0) is 16.1 Å². The van der Waals surface area contributed by atoms with Crippen molar-refractivity contribution in [2.24, 2.45) is 0 Å². The largest absolute Gasteiger partial charge is 0.378 e. The molecule has 2 N–H and O–H groups in total. The van der Waals surface area contributed by atoms with E-state index in [0.29, 0.717) is 22.1 Å². The van der Waals surface area contributed by atoms with Gasteiger partial charge in [0.15, 0.2) is 5.69 Å². The van der Waals surface area contributed by atoms with Gasteiger partial charge in [-0.1, -0.05) is 17.7 Å².